The zero-order valence-corrected chi connectivity index (χ0v) is 12.4. The number of hydrogen-bond acceptors (Lipinski definition) is 1. The Hall–Kier alpha value is -1.08. The fraction of sp³-hybridized carbons (Fsp3) is 0.556. The molecule has 2 atom stereocenters. The van der Waals surface area contributed by atoms with Gasteiger partial charge in [-0.15, -0.1) is 0 Å². The molecule has 0 saturated heterocycles. The van der Waals surface area contributed by atoms with Crippen molar-refractivity contribution in [2.75, 3.05) is 14.1 Å². The second kappa shape index (κ2) is 5.13. The minimum Gasteiger partial charge on any atom is -0.306 e. The van der Waals surface area contributed by atoms with Gasteiger partial charge in [0.1, 0.15) is 0 Å². The number of nitrogens with zero attached hydrogens (tertiary/aromatic N) is 1. The van der Waals surface area contributed by atoms with Crippen molar-refractivity contribution in [2.45, 2.75) is 45.1 Å². The maximum atomic E-state index is 2.49. The van der Waals surface area contributed by atoms with Gasteiger partial charge in [0.05, 0.1) is 0 Å². The predicted octanol–water partition coefficient (Wildman–Crippen LogP) is 3.92. The summed E-state index contributed by atoms with van der Waals surface area (Å²) in [7, 11) is 4.43. The van der Waals surface area contributed by atoms with E-state index in [0.717, 1.165) is 5.92 Å². The van der Waals surface area contributed by atoms with Crippen molar-refractivity contribution in [3.05, 3.63) is 41.0 Å². The summed E-state index contributed by atoms with van der Waals surface area (Å²) in [6.07, 6.45) is 8.87. The van der Waals surface area contributed by atoms with Gasteiger partial charge in [0.2, 0.25) is 0 Å². The van der Waals surface area contributed by atoms with E-state index in [1.54, 1.807) is 22.3 Å². The van der Waals surface area contributed by atoms with Crippen LogP contribution in [0.15, 0.2) is 24.3 Å². The van der Waals surface area contributed by atoms with Crippen molar-refractivity contribution >= 4 is 5.57 Å². The molecule has 0 saturated carbocycles. The van der Waals surface area contributed by atoms with E-state index in [9.17, 15) is 0 Å². The van der Waals surface area contributed by atoms with Crippen LogP contribution in [0.1, 0.15) is 42.9 Å². The molecule has 1 heteroatoms. The quantitative estimate of drug-likeness (QED) is 0.774. The maximum absolute atomic E-state index is 2.49. The molecule has 0 bridgehead atoms. The number of benzene rings is 1. The Kier molecular flexibility index (Phi) is 3.49. The molecule has 19 heavy (non-hydrogen) atoms. The van der Waals surface area contributed by atoms with Crippen LogP contribution in [-0.4, -0.2) is 25.0 Å². The lowest BCUT2D eigenvalue weighted by molar-refractivity contribution is 0.268. The Labute approximate surface area is 117 Å². The maximum Gasteiger partial charge on any atom is 0.0133 e. The van der Waals surface area contributed by atoms with Crippen molar-refractivity contribution in [1.29, 1.82) is 0 Å². The van der Waals surface area contributed by atoms with E-state index in [0.29, 0.717) is 6.04 Å². The van der Waals surface area contributed by atoms with Crippen molar-refractivity contribution < 1.29 is 0 Å². The van der Waals surface area contributed by atoms with Gasteiger partial charge in [0, 0.05) is 6.04 Å². The third-order valence-electron chi connectivity index (χ3n) is 4.89. The Morgan fingerprint density at radius 2 is 1.95 bits per heavy atom. The molecule has 0 spiro atoms. The van der Waals surface area contributed by atoms with Gasteiger partial charge < -0.3 is 4.90 Å². The summed E-state index contributed by atoms with van der Waals surface area (Å²) in [6.45, 7) is 2.34. The summed E-state index contributed by atoms with van der Waals surface area (Å²) in [5, 5.41) is 0. The molecule has 2 unspecified atom stereocenters. The molecule has 0 fully saturated rings. The average molecular weight is 255 g/mol. The topological polar surface area (TPSA) is 3.24 Å². The van der Waals surface area contributed by atoms with Crippen LogP contribution in [0.2, 0.25) is 0 Å². The molecule has 0 amide bonds. The van der Waals surface area contributed by atoms with Gasteiger partial charge >= 0.3 is 0 Å². The van der Waals surface area contributed by atoms with Crippen LogP contribution in [0, 0.1) is 5.92 Å². The number of hydrogen-bond donors (Lipinski definition) is 0. The third kappa shape index (κ3) is 2.49. The van der Waals surface area contributed by atoms with Crippen molar-refractivity contribution in [3.8, 4) is 0 Å². The fourth-order valence-corrected chi connectivity index (χ4v) is 3.63. The lowest BCUT2D eigenvalue weighted by atomic mass is 9.83. The molecule has 0 aliphatic heterocycles. The summed E-state index contributed by atoms with van der Waals surface area (Å²) < 4.78 is 0. The van der Waals surface area contributed by atoms with E-state index in [2.05, 4.69) is 50.2 Å². The second-order valence-electron chi connectivity index (χ2n) is 6.51. The van der Waals surface area contributed by atoms with Gasteiger partial charge in [-0.2, -0.15) is 0 Å². The summed E-state index contributed by atoms with van der Waals surface area (Å²) >= 11 is 0. The first-order chi connectivity index (χ1) is 9.15. The molecule has 2 aliphatic carbocycles. The molecular weight excluding hydrogens is 230 g/mol. The fourth-order valence-electron chi connectivity index (χ4n) is 3.63. The number of allylic oxidation sites excluding steroid dienone is 2. The first-order valence-electron chi connectivity index (χ1n) is 7.63. The molecule has 0 aromatic heterocycles. The largest absolute Gasteiger partial charge is 0.306 e. The van der Waals surface area contributed by atoms with Crippen LogP contribution >= 0.6 is 0 Å². The van der Waals surface area contributed by atoms with E-state index in [1.807, 2.05) is 0 Å². The summed E-state index contributed by atoms with van der Waals surface area (Å²) in [5.41, 5.74) is 6.38. The Morgan fingerprint density at radius 1 is 1.11 bits per heavy atom. The highest BCUT2D eigenvalue weighted by Gasteiger charge is 2.24. The Balaban J connectivity index is 1.97. The van der Waals surface area contributed by atoms with Gasteiger partial charge in [0.15, 0.2) is 0 Å². The van der Waals surface area contributed by atoms with Gasteiger partial charge in [0.25, 0.3) is 0 Å². The highest BCUT2D eigenvalue weighted by atomic mass is 15.1. The van der Waals surface area contributed by atoms with E-state index in [4.69, 9.17) is 0 Å². The molecule has 1 nitrogen and oxygen atoms in total. The summed E-state index contributed by atoms with van der Waals surface area (Å²) in [6, 6.07) is 7.66. The molecule has 0 radical (unpaired) electrons. The van der Waals surface area contributed by atoms with Crippen LogP contribution in [0.5, 0.6) is 0 Å². The van der Waals surface area contributed by atoms with Crippen molar-refractivity contribution in [3.63, 3.8) is 0 Å². The van der Waals surface area contributed by atoms with Gasteiger partial charge in [-0.1, -0.05) is 31.2 Å². The van der Waals surface area contributed by atoms with Gasteiger partial charge in [-0.05, 0) is 74.4 Å². The molecular formula is C18H25N. The van der Waals surface area contributed by atoms with E-state index in [-0.39, 0.29) is 0 Å². The highest BCUT2D eigenvalue weighted by Crippen LogP contribution is 2.36. The van der Waals surface area contributed by atoms with E-state index >= 15 is 0 Å². The van der Waals surface area contributed by atoms with Crippen molar-refractivity contribution in [2.24, 2.45) is 5.92 Å². The Bertz CT molecular complexity index is 498. The highest BCUT2D eigenvalue weighted by molar-refractivity contribution is 5.71. The van der Waals surface area contributed by atoms with Crippen molar-refractivity contribution in [1.82, 2.24) is 4.90 Å². The number of rotatable bonds is 2. The van der Waals surface area contributed by atoms with Crippen LogP contribution in [0.25, 0.3) is 5.57 Å². The van der Waals surface area contributed by atoms with E-state index < -0.39 is 0 Å². The lowest BCUT2D eigenvalue weighted by Crippen LogP contribution is -2.33. The van der Waals surface area contributed by atoms with Crippen LogP contribution in [-0.2, 0) is 12.8 Å². The normalized spacial score (nSPS) is 26.4. The smallest absolute Gasteiger partial charge is 0.0133 e. The summed E-state index contributed by atoms with van der Waals surface area (Å²) in [4.78, 5) is 2.39. The minimum absolute atomic E-state index is 0.716. The third-order valence-corrected chi connectivity index (χ3v) is 4.89. The molecule has 1 aromatic carbocycles. The first kappa shape index (κ1) is 12.9. The standard InChI is InChI=1S/C18H25N/c1-13-7-8-15(11-13)17-6-4-5-14-9-10-16(19(2)3)12-18(14)17/h4-6,11,13,16H,7-10,12H2,1-3H3. The summed E-state index contributed by atoms with van der Waals surface area (Å²) in [5.74, 6) is 0.763. The first-order valence-corrected chi connectivity index (χ1v) is 7.63. The van der Waals surface area contributed by atoms with E-state index in [1.165, 1.54) is 32.1 Å². The van der Waals surface area contributed by atoms with Gasteiger partial charge in [-0.25, -0.2) is 0 Å². The number of fused-ring (bicyclic) bond motifs is 1. The second-order valence-corrected chi connectivity index (χ2v) is 6.51. The number of aryl methyl sites for hydroxylation is 1. The SMILES string of the molecule is CC1C=C(c2cccc3c2CC(N(C)C)CC3)CC1. The monoisotopic (exact) mass is 255 g/mol. The average Bonchev–Trinajstić information content (AvgIpc) is 2.84. The Morgan fingerprint density at radius 3 is 2.63 bits per heavy atom. The van der Waals surface area contributed by atoms with Crippen LogP contribution in [0.3, 0.4) is 0 Å². The molecule has 0 N–H and O–H groups in total. The molecule has 0 heterocycles. The predicted molar refractivity (Wildman–Crippen MR) is 82.3 cm³/mol. The zero-order valence-electron chi connectivity index (χ0n) is 12.4. The zero-order chi connectivity index (χ0) is 13.4. The molecule has 2 aliphatic rings. The number of likely N-dealkylation sites (N-methyl/N-ethyl adjacent to an activating group) is 1. The molecule has 102 valence electrons. The van der Waals surface area contributed by atoms with Crippen LogP contribution < -0.4 is 0 Å². The minimum atomic E-state index is 0.716. The van der Waals surface area contributed by atoms with Gasteiger partial charge in [-0.3, -0.25) is 0 Å². The lowest BCUT2D eigenvalue weighted by Gasteiger charge is -2.31. The molecule has 1 aromatic rings. The van der Waals surface area contributed by atoms with Crippen LogP contribution in [0.4, 0.5) is 0 Å². The molecule has 3 rings (SSSR count).